The molecule has 38 heavy (non-hydrogen) atoms. The number of nitrogens with zero attached hydrogens (tertiary/aromatic N) is 3. The normalized spacial score (nSPS) is 11.3. The third-order valence-electron chi connectivity index (χ3n) is 5.70. The van der Waals surface area contributed by atoms with E-state index in [0.29, 0.717) is 28.6 Å². The van der Waals surface area contributed by atoms with Crippen molar-refractivity contribution in [3.05, 3.63) is 101 Å². The molecule has 1 heterocycles. The molecule has 196 valence electrons. The zero-order chi connectivity index (χ0) is 27.3. The fourth-order valence-electron chi connectivity index (χ4n) is 3.89. The van der Waals surface area contributed by atoms with Crippen LogP contribution in [0.25, 0.3) is 16.9 Å². The molecular weight excluding hydrogens is 517 g/mol. The predicted octanol–water partition coefficient (Wildman–Crippen LogP) is 6.70. The van der Waals surface area contributed by atoms with Gasteiger partial charge in [0.25, 0.3) is 5.91 Å². The van der Waals surface area contributed by atoms with Gasteiger partial charge in [-0.3, -0.25) is 9.59 Å². The molecular formula is C28H24ClF3N4O2. The van der Waals surface area contributed by atoms with Gasteiger partial charge >= 0.3 is 6.18 Å². The van der Waals surface area contributed by atoms with Crippen LogP contribution in [0.5, 0.6) is 0 Å². The molecule has 1 aromatic heterocycles. The number of carbonyl (C=O) groups is 2. The van der Waals surface area contributed by atoms with Crippen LogP contribution in [0.4, 0.5) is 19.0 Å². The topological polar surface area (TPSA) is 67.2 Å². The Kier molecular flexibility index (Phi) is 8.16. The number of hydrogen-bond donors (Lipinski definition) is 1. The molecule has 0 aliphatic heterocycles. The predicted molar refractivity (Wildman–Crippen MR) is 140 cm³/mol. The van der Waals surface area contributed by atoms with Gasteiger partial charge in [0.2, 0.25) is 5.91 Å². The summed E-state index contributed by atoms with van der Waals surface area (Å²) in [5.41, 5.74) is 1.20. The van der Waals surface area contributed by atoms with E-state index in [4.69, 9.17) is 11.6 Å². The quantitative estimate of drug-likeness (QED) is 0.270. The van der Waals surface area contributed by atoms with Gasteiger partial charge in [-0.1, -0.05) is 61.0 Å². The number of carbonyl (C=O) groups excluding carboxylic acids is 2. The lowest BCUT2D eigenvalue weighted by Gasteiger charge is -2.22. The van der Waals surface area contributed by atoms with Gasteiger partial charge in [0.15, 0.2) is 0 Å². The van der Waals surface area contributed by atoms with Crippen molar-refractivity contribution in [2.75, 3.05) is 18.4 Å². The average molecular weight is 541 g/mol. The number of nitrogens with one attached hydrogen (secondary N) is 1. The molecule has 1 N–H and O–H groups in total. The first-order chi connectivity index (χ1) is 18.2. The maximum Gasteiger partial charge on any atom is 0.416 e. The number of rotatable bonds is 8. The molecule has 0 radical (unpaired) electrons. The summed E-state index contributed by atoms with van der Waals surface area (Å²) in [7, 11) is 0. The molecule has 0 spiro atoms. The molecule has 0 fully saturated rings. The minimum atomic E-state index is -4.51. The van der Waals surface area contributed by atoms with E-state index in [2.05, 4.69) is 10.4 Å². The third kappa shape index (κ3) is 6.23. The van der Waals surface area contributed by atoms with Crippen LogP contribution in [-0.2, 0) is 11.0 Å². The second kappa shape index (κ2) is 11.5. The highest BCUT2D eigenvalue weighted by molar-refractivity contribution is 6.32. The van der Waals surface area contributed by atoms with E-state index in [9.17, 15) is 22.8 Å². The van der Waals surface area contributed by atoms with E-state index in [-0.39, 0.29) is 18.7 Å². The van der Waals surface area contributed by atoms with Crippen LogP contribution in [0.3, 0.4) is 0 Å². The van der Waals surface area contributed by atoms with Gasteiger partial charge in [-0.15, -0.1) is 0 Å². The maximum atomic E-state index is 13.1. The number of hydrogen-bond acceptors (Lipinski definition) is 3. The van der Waals surface area contributed by atoms with Gasteiger partial charge in [-0.2, -0.15) is 18.3 Å². The first kappa shape index (κ1) is 26.9. The SMILES string of the molecule is CCCN(CC(=O)Nc1cc(-c2ccccc2)nn1-c1ccccc1Cl)C(=O)c1ccc(C(F)(F)F)cc1. The number of anilines is 1. The largest absolute Gasteiger partial charge is 0.416 e. The van der Waals surface area contributed by atoms with Gasteiger partial charge in [0, 0.05) is 23.7 Å². The molecule has 0 aliphatic carbocycles. The Morgan fingerprint density at radius 3 is 2.26 bits per heavy atom. The van der Waals surface area contributed by atoms with E-state index in [0.717, 1.165) is 29.8 Å². The van der Waals surface area contributed by atoms with E-state index in [1.807, 2.05) is 37.3 Å². The minimum absolute atomic E-state index is 0.0618. The fraction of sp³-hybridized carbons (Fsp3) is 0.179. The Morgan fingerprint density at radius 2 is 1.63 bits per heavy atom. The highest BCUT2D eigenvalue weighted by atomic mass is 35.5. The standard InChI is InChI=1S/C28H24ClF3N4O2/c1-2-16-35(27(38)20-12-14-21(15-13-20)28(30,31)32)18-26(37)33-25-17-23(19-8-4-3-5-9-19)34-36(25)24-11-7-6-10-22(24)29/h3-15,17H,2,16,18H2,1H3,(H,33,37). The van der Waals surface area contributed by atoms with Crippen molar-refractivity contribution < 1.29 is 22.8 Å². The van der Waals surface area contributed by atoms with Crippen LogP contribution >= 0.6 is 11.6 Å². The molecule has 10 heteroatoms. The molecule has 0 saturated heterocycles. The number of benzene rings is 3. The summed E-state index contributed by atoms with van der Waals surface area (Å²) in [6, 6.07) is 22.1. The number of halogens is 4. The summed E-state index contributed by atoms with van der Waals surface area (Å²) in [6.07, 6.45) is -3.96. The van der Waals surface area contributed by atoms with Crippen molar-refractivity contribution in [1.82, 2.24) is 14.7 Å². The lowest BCUT2D eigenvalue weighted by Crippen LogP contribution is -2.38. The number of para-hydroxylation sites is 1. The summed E-state index contributed by atoms with van der Waals surface area (Å²) < 4.78 is 40.2. The first-order valence-electron chi connectivity index (χ1n) is 11.8. The van der Waals surface area contributed by atoms with Crippen LogP contribution in [0, 0.1) is 0 Å². The molecule has 4 aromatic rings. The minimum Gasteiger partial charge on any atom is -0.329 e. The summed E-state index contributed by atoms with van der Waals surface area (Å²) in [4.78, 5) is 27.4. The zero-order valence-electron chi connectivity index (χ0n) is 20.4. The first-order valence-corrected chi connectivity index (χ1v) is 12.2. The molecule has 0 aliphatic rings. The molecule has 2 amide bonds. The van der Waals surface area contributed by atoms with Crippen LogP contribution in [0.1, 0.15) is 29.3 Å². The maximum absolute atomic E-state index is 13.1. The smallest absolute Gasteiger partial charge is 0.329 e. The molecule has 0 bridgehead atoms. The monoisotopic (exact) mass is 540 g/mol. The van der Waals surface area contributed by atoms with Crippen LogP contribution < -0.4 is 5.32 Å². The third-order valence-corrected chi connectivity index (χ3v) is 6.02. The fourth-order valence-corrected chi connectivity index (χ4v) is 4.11. The van der Waals surface area contributed by atoms with Crippen molar-refractivity contribution >= 4 is 29.2 Å². The Balaban J connectivity index is 1.58. The Bertz CT molecular complexity index is 1420. The van der Waals surface area contributed by atoms with E-state index >= 15 is 0 Å². The van der Waals surface area contributed by atoms with Gasteiger partial charge in [0.05, 0.1) is 22.0 Å². The summed E-state index contributed by atoms with van der Waals surface area (Å²) >= 11 is 6.40. The van der Waals surface area contributed by atoms with Gasteiger partial charge in [-0.25, -0.2) is 4.68 Å². The highest BCUT2D eigenvalue weighted by Crippen LogP contribution is 2.30. The van der Waals surface area contributed by atoms with Crippen molar-refractivity contribution in [1.29, 1.82) is 0 Å². The van der Waals surface area contributed by atoms with Crippen LogP contribution in [-0.4, -0.2) is 39.6 Å². The molecule has 0 unspecified atom stereocenters. The lowest BCUT2D eigenvalue weighted by molar-refractivity contribution is -0.137. The van der Waals surface area contributed by atoms with Crippen LogP contribution in [0.2, 0.25) is 5.02 Å². The van der Waals surface area contributed by atoms with Crippen molar-refractivity contribution in [3.63, 3.8) is 0 Å². The van der Waals surface area contributed by atoms with Gasteiger partial charge in [-0.05, 0) is 42.8 Å². The van der Waals surface area contributed by atoms with Gasteiger partial charge in [0.1, 0.15) is 12.4 Å². The second-order valence-corrected chi connectivity index (χ2v) is 8.90. The van der Waals surface area contributed by atoms with Crippen molar-refractivity contribution in [3.8, 4) is 16.9 Å². The van der Waals surface area contributed by atoms with E-state index in [1.165, 1.54) is 9.58 Å². The lowest BCUT2D eigenvalue weighted by atomic mass is 10.1. The van der Waals surface area contributed by atoms with Crippen LogP contribution in [0.15, 0.2) is 84.9 Å². The van der Waals surface area contributed by atoms with E-state index in [1.54, 1.807) is 30.3 Å². The molecule has 6 nitrogen and oxygen atoms in total. The van der Waals surface area contributed by atoms with Crippen molar-refractivity contribution in [2.24, 2.45) is 0 Å². The zero-order valence-corrected chi connectivity index (χ0v) is 21.1. The van der Waals surface area contributed by atoms with E-state index < -0.39 is 23.6 Å². The average Bonchev–Trinajstić information content (AvgIpc) is 3.31. The summed E-state index contributed by atoms with van der Waals surface area (Å²) in [6.45, 7) is 1.78. The summed E-state index contributed by atoms with van der Waals surface area (Å²) in [5.74, 6) is -0.688. The van der Waals surface area contributed by atoms with Gasteiger partial charge < -0.3 is 10.2 Å². The van der Waals surface area contributed by atoms with Crippen molar-refractivity contribution in [2.45, 2.75) is 19.5 Å². The molecule has 0 saturated carbocycles. The second-order valence-electron chi connectivity index (χ2n) is 8.49. The number of aromatic nitrogens is 2. The Labute approximate surface area is 222 Å². The Morgan fingerprint density at radius 1 is 0.974 bits per heavy atom. The summed E-state index contributed by atoms with van der Waals surface area (Å²) in [5, 5.41) is 7.87. The molecule has 4 rings (SSSR count). The molecule has 3 aromatic carbocycles. The number of alkyl halides is 3. The Hall–Kier alpha value is -4.11. The molecule has 0 atom stereocenters. The highest BCUT2D eigenvalue weighted by Gasteiger charge is 2.30. The number of amides is 2.